The Balaban J connectivity index is 1.82. The summed E-state index contributed by atoms with van der Waals surface area (Å²) in [5, 5.41) is 11.5. The molecule has 0 fully saturated rings. The van der Waals surface area contributed by atoms with Crippen molar-refractivity contribution in [3.8, 4) is 0 Å². The van der Waals surface area contributed by atoms with E-state index in [4.69, 9.17) is 0 Å². The first-order valence-corrected chi connectivity index (χ1v) is 8.65. The van der Waals surface area contributed by atoms with Crippen LogP contribution in [-0.2, 0) is 11.3 Å². The topological polar surface area (TPSA) is 64.7 Å². The predicted octanol–water partition coefficient (Wildman–Crippen LogP) is 2.99. The summed E-state index contributed by atoms with van der Waals surface area (Å²) in [7, 11) is 0. The lowest BCUT2D eigenvalue weighted by Crippen LogP contribution is -2.33. The number of amides is 1. The van der Waals surface area contributed by atoms with Gasteiger partial charge in [0.2, 0.25) is 5.91 Å². The van der Waals surface area contributed by atoms with Gasteiger partial charge in [-0.05, 0) is 59.1 Å². The predicted molar refractivity (Wildman–Crippen MR) is 91.7 cm³/mol. The summed E-state index contributed by atoms with van der Waals surface area (Å²) in [5.74, 6) is -0.0280. The third kappa shape index (κ3) is 3.98. The lowest BCUT2D eigenvalue weighted by molar-refractivity contribution is -0.124. The molecule has 2 aromatic heterocycles. The number of aryl methyl sites for hydroxylation is 2. The normalized spacial score (nSPS) is 12.4. The van der Waals surface area contributed by atoms with Gasteiger partial charge >= 0.3 is 0 Å². The second-order valence-corrected chi connectivity index (χ2v) is 6.88. The van der Waals surface area contributed by atoms with Crippen molar-refractivity contribution in [2.45, 2.75) is 39.8 Å². The standard InChI is InChI=1S/C14H19Br2N5O/c1-9-13(16)10(2)21(19-9)11(3)14(22)17-5-4-6-20-8-12(15)7-18-20/h7-8,11H,4-6H2,1-3H3,(H,17,22). The number of rotatable bonds is 6. The van der Waals surface area contributed by atoms with E-state index in [0.717, 1.165) is 33.3 Å². The summed E-state index contributed by atoms with van der Waals surface area (Å²) in [6, 6.07) is -0.330. The second kappa shape index (κ2) is 7.41. The first-order valence-electron chi connectivity index (χ1n) is 7.07. The molecule has 1 atom stereocenters. The molecule has 1 amide bonds. The van der Waals surface area contributed by atoms with Crippen molar-refractivity contribution in [3.05, 3.63) is 32.7 Å². The minimum absolute atomic E-state index is 0.0280. The van der Waals surface area contributed by atoms with Crippen LogP contribution in [0.3, 0.4) is 0 Å². The minimum Gasteiger partial charge on any atom is -0.354 e. The molecule has 8 heteroatoms. The fourth-order valence-corrected chi connectivity index (χ4v) is 2.78. The van der Waals surface area contributed by atoms with Crippen LogP contribution in [0, 0.1) is 13.8 Å². The Morgan fingerprint density at radius 2 is 2.14 bits per heavy atom. The molecule has 120 valence electrons. The van der Waals surface area contributed by atoms with Crippen molar-refractivity contribution in [1.29, 1.82) is 0 Å². The molecule has 2 rings (SSSR count). The van der Waals surface area contributed by atoms with Crippen LogP contribution in [0.25, 0.3) is 0 Å². The quantitative estimate of drug-likeness (QED) is 0.713. The third-order valence-corrected chi connectivity index (χ3v) is 5.01. The van der Waals surface area contributed by atoms with Crippen molar-refractivity contribution in [1.82, 2.24) is 24.9 Å². The van der Waals surface area contributed by atoms with E-state index in [-0.39, 0.29) is 11.9 Å². The molecule has 22 heavy (non-hydrogen) atoms. The maximum atomic E-state index is 12.2. The monoisotopic (exact) mass is 431 g/mol. The van der Waals surface area contributed by atoms with Gasteiger partial charge in [-0.3, -0.25) is 14.2 Å². The zero-order valence-corrected chi connectivity index (χ0v) is 16.0. The first-order chi connectivity index (χ1) is 10.4. The van der Waals surface area contributed by atoms with Crippen LogP contribution in [0.15, 0.2) is 21.3 Å². The largest absolute Gasteiger partial charge is 0.354 e. The zero-order chi connectivity index (χ0) is 16.3. The molecule has 2 heterocycles. The van der Waals surface area contributed by atoms with Crippen molar-refractivity contribution in [2.75, 3.05) is 6.54 Å². The van der Waals surface area contributed by atoms with E-state index < -0.39 is 0 Å². The van der Waals surface area contributed by atoms with E-state index >= 15 is 0 Å². The molecule has 0 radical (unpaired) electrons. The van der Waals surface area contributed by atoms with Gasteiger partial charge in [0.25, 0.3) is 0 Å². The highest BCUT2D eigenvalue weighted by Crippen LogP contribution is 2.22. The van der Waals surface area contributed by atoms with Crippen LogP contribution < -0.4 is 5.32 Å². The summed E-state index contributed by atoms with van der Waals surface area (Å²) in [4.78, 5) is 12.2. The highest BCUT2D eigenvalue weighted by atomic mass is 79.9. The third-order valence-electron chi connectivity index (χ3n) is 3.45. The van der Waals surface area contributed by atoms with Crippen molar-refractivity contribution >= 4 is 37.8 Å². The van der Waals surface area contributed by atoms with Crippen molar-refractivity contribution in [2.24, 2.45) is 0 Å². The van der Waals surface area contributed by atoms with E-state index in [0.29, 0.717) is 6.54 Å². The molecule has 2 aromatic rings. The Labute approximate surface area is 146 Å². The number of carbonyl (C=O) groups excluding carboxylic acids is 1. The lowest BCUT2D eigenvalue weighted by atomic mass is 10.3. The van der Waals surface area contributed by atoms with E-state index in [1.165, 1.54) is 0 Å². The highest BCUT2D eigenvalue weighted by Gasteiger charge is 2.19. The fraction of sp³-hybridized carbons (Fsp3) is 0.500. The van der Waals surface area contributed by atoms with Gasteiger partial charge in [-0.25, -0.2) is 0 Å². The molecule has 0 aliphatic heterocycles. The fourth-order valence-electron chi connectivity index (χ4n) is 2.19. The number of hydrogen-bond donors (Lipinski definition) is 1. The van der Waals surface area contributed by atoms with Crippen LogP contribution in [0.2, 0.25) is 0 Å². The molecule has 0 saturated carbocycles. The van der Waals surface area contributed by atoms with E-state index in [1.807, 2.05) is 31.6 Å². The smallest absolute Gasteiger partial charge is 0.244 e. The minimum atomic E-state index is -0.330. The SMILES string of the molecule is Cc1nn(C(C)C(=O)NCCCn2cc(Br)cn2)c(C)c1Br. The molecule has 1 N–H and O–H groups in total. The molecule has 1 unspecified atom stereocenters. The highest BCUT2D eigenvalue weighted by molar-refractivity contribution is 9.10. The van der Waals surface area contributed by atoms with E-state index in [1.54, 1.807) is 10.9 Å². The van der Waals surface area contributed by atoms with E-state index in [9.17, 15) is 4.79 Å². The first kappa shape index (κ1) is 17.2. The molecule has 0 spiro atoms. The Hall–Kier alpha value is -1.15. The molecule has 0 aliphatic rings. The molecule has 0 bridgehead atoms. The van der Waals surface area contributed by atoms with Crippen LogP contribution in [0.1, 0.15) is 30.8 Å². The Bertz CT molecular complexity index is 664. The maximum absolute atomic E-state index is 12.2. The molecule has 0 aromatic carbocycles. The molecular formula is C14H19Br2N5O. The second-order valence-electron chi connectivity index (χ2n) is 5.17. The molecule has 0 saturated heterocycles. The number of aromatic nitrogens is 4. The van der Waals surface area contributed by atoms with E-state index in [2.05, 4.69) is 47.4 Å². The van der Waals surface area contributed by atoms with Gasteiger partial charge in [0.05, 0.1) is 26.5 Å². The van der Waals surface area contributed by atoms with Crippen LogP contribution in [0.4, 0.5) is 0 Å². The Kier molecular flexibility index (Phi) is 5.80. The summed E-state index contributed by atoms with van der Waals surface area (Å²) in [5.41, 5.74) is 1.85. The van der Waals surface area contributed by atoms with Gasteiger partial charge in [0.15, 0.2) is 0 Å². The molecular weight excluding hydrogens is 414 g/mol. The summed E-state index contributed by atoms with van der Waals surface area (Å²) >= 11 is 6.84. The van der Waals surface area contributed by atoms with Gasteiger partial charge in [-0.15, -0.1) is 0 Å². The van der Waals surface area contributed by atoms with Crippen LogP contribution in [0.5, 0.6) is 0 Å². The summed E-state index contributed by atoms with van der Waals surface area (Å²) in [6.45, 7) is 7.10. The van der Waals surface area contributed by atoms with Gasteiger partial charge in [0.1, 0.15) is 6.04 Å². The lowest BCUT2D eigenvalue weighted by Gasteiger charge is -2.14. The molecule has 0 aliphatic carbocycles. The van der Waals surface area contributed by atoms with Crippen LogP contribution >= 0.6 is 31.9 Å². The number of carbonyl (C=O) groups is 1. The Morgan fingerprint density at radius 3 is 2.68 bits per heavy atom. The van der Waals surface area contributed by atoms with Crippen molar-refractivity contribution in [3.63, 3.8) is 0 Å². The Morgan fingerprint density at radius 1 is 1.41 bits per heavy atom. The number of nitrogens with zero attached hydrogens (tertiary/aromatic N) is 4. The average Bonchev–Trinajstić information content (AvgIpc) is 3.01. The molecule has 6 nitrogen and oxygen atoms in total. The van der Waals surface area contributed by atoms with Crippen LogP contribution in [-0.4, -0.2) is 32.0 Å². The van der Waals surface area contributed by atoms with Gasteiger partial charge < -0.3 is 5.32 Å². The number of hydrogen-bond acceptors (Lipinski definition) is 3. The number of halogens is 2. The maximum Gasteiger partial charge on any atom is 0.244 e. The number of nitrogens with one attached hydrogen (secondary N) is 1. The zero-order valence-electron chi connectivity index (χ0n) is 12.8. The average molecular weight is 433 g/mol. The summed E-state index contributed by atoms with van der Waals surface area (Å²) < 4.78 is 5.51. The van der Waals surface area contributed by atoms with Gasteiger partial charge in [0, 0.05) is 19.3 Å². The van der Waals surface area contributed by atoms with Crippen molar-refractivity contribution < 1.29 is 4.79 Å². The summed E-state index contributed by atoms with van der Waals surface area (Å²) in [6.07, 6.45) is 4.49. The van der Waals surface area contributed by atoms with Gasteiger partial charge in [-0.2, -0.15) is 10.2 Å². The van der Waals surface area contributed by atoms with Gasteiger partial charge in [-0.1, -0.05) is 0 Å².